The number of nitrogens with two attached hydrogens (primary N) is 1. The van der Waals surface area contributed by atoms with Gasteiger partial charge in [-0.15, -0.1) is 0 Å². The highest BCUT2D eigenvalue weighted by molar-refractivity contribution is 5.95. The maximum atomic E-state index is 11.7. The summed E-state index contributed by atoms with van der Waals surface area (Å²) in [5, 5.41) is 2.74. The standard InChI is InChI=1S/C15H24N2O2/c1-4-6-11(3)10-19-14-8-7-12(9-13(14)16)15(18)17-5-2/h7-9,11H,4-6,10,16H2,1-3H3,(H,17,18). The van der Waals surface area contributed by atoms with Crippen molar-refractivity contribution >= 4 is 11.6 Å². The van der Waals surface area contributed by atoms with E-state index in [1.165, 1.54) is 0 Å². The first-order chi connectivity index (χ1) is 9.08. The van der Waals surface area contributed by atoms with Crippen molar-refractivity contribution in [3.05, 3.63) is 23.8 Å². The number of hydrogen-bond donors (Lipinski definition) is 2. The van der Waals surface area contributed by atoms with Crippen LogP contribution in [0.2, 0.25) is 0 Å². The molecule has 19 heavy (non-hydrogen) atoms. The summed E-state index contributed by atoms with van der Waals surface area (Å²) in [4.78, 5) is 11.7. The number of carbonyl (C=O) groups excluding carboxylic acids is 1. The Morgan fingerprint density at radius 2 is 2.16 bits per heavy atom. The molecule has 0 aliphatic carbocycles. The molecule has 0 spiro atoms. The van der Waals surface area contributed by atoms with Crippen molar-refractivity contribution in [2.24, 2.45) is 5.92 Å². The minimum absolute atomic E-state index is 0.111. The normalized spacial score (nSPS) is 11.9. The van der Waals surface area contributed by atoms with Crippen molar-refractivity contribution in [2.75, 3.05) is 18.9 Å². The second kappa shape index (κ2) is 7.67. The van der Waals surface area contributed by atoms with Gasteiger partial charge in [0.15, 0.2) is 0 Å². The van der Waals surface area contributed by atoms with E-state index >= 15 is 0 Å². The third-order valence-corrected chi connectivity index (χ3v) is 2.91. The first kappa shape index (κ1) is 15.3. The Labute approximate surface area is 115 Å². The maximum absolute atomic E-state index is 11.7. The Hall–Kier alpha value is -1.71. The van der Waals surface area contributed by atoms with Crippen molar-refractivity contribution in [3.63, 3.8) is 0 Å². The van der Waals surface area contributed by atoms with Crippen LogP contribution in [0, 0.1) is 5.92 Å². The van der Waals surface area contributed by atoms with Crippen molar-refractivity contribution in [1.29, 1.82) is 0 Å². The van der Waals surface area contributed by atoms with E-state index in [1.54, 1.807) is 18.2 Å². The predicted molar refractivity (Wildman–Crippen MR) is 78.4 cm³/mol. The molecule has 1 aromatic carbocycles. The predicted octanol–water partition coefficient (Wildman–Crippen LogP) is 2.83. The maximum Gasteiger partial charge on any atom is 0.251 e. The van der Waals surface area contributed by atoms with Gasteiger partial charge in [-0.2, -0.15) is 0 Å². The van der Waals surface area contributed by atoms with Crippen molar-refractivity contribution in [3.8, 4) is 5.75 Å². The zero-order chi connectivity index (χ0) is 14.3. The lowest BCUT2D eigenvalue weighted by Gasteiger charge is -2.14. The van der Waals surface area contributed by atoms with Crippen LogP contribution in [0.25, 0.3) is 0 Å². The van der Waals surface area contributed by atoms with Gasteiger partial charge < -0.3 is 15.8 Å². The van der Waals surface area contributed by atoms with Crippen LogP contribution in [0.3, 0.4) is 0 Å². The molecule has 1 rings (SSSR count). The third-order valence-electron chi connectivity index (χ3n) is 2.91. The molecule has 0 radical (unpaired) electrons. The summed E-state index contributed by atoms with van der Waals surface area (Å²) in [6.07, 6.45) is 2.28. The SMILES string of the molecule is CCCC(C)COc1ccc(C(=O)NCC)cc1N. The number of nitrogens with one attached hydrogen (secondary N) is 1. The topological polar surface area (TPSA) is 64.3 Å². The highest BCUT2D eigenvalue weighted by atomic mass is 16.5. The molecule has 0 aliphatic rings. The zero-order valence-corrected chi connectivity index (χ0v) is 12.0. The number of benzene rings is 1. The lowest BCUT2D eigenvalue weighted by molar-refractivity contribution is 0.0956. The summed E-state index contributed by atoms with van der Waals surface area (Å²) in [7, 11) is 0. The molecule has 0 fully saturated rings. The molecule has 0 heterocycles. The molecule has 4 heteroatoms. The molecule has 1 atom stereocenters. The summed E-state index contributed by atoms with van der Waals surface area (Å²) in [5.74, 6) is 1.04. The van der Waals surface area contributed by atoms with Gasteiger partial charge in [0, 0.05) is 12.1 Å². The Morgan fingerprint density at radius 1 is 1.42 bits per heavy atom. The van der Waals surface area contributed by atoms with E-state index < -0.39 is 0 Å². The molecule has 4 nitrogen and oxygen atoms in total. The number of amides is 1. The summed E-state index contributed by atoms with van der Waals surface area (Å²) in [6.45, 7) is 7.45. The first-order valence-electron chi connectivity index (χ1n) is 6.89. The van der Waals surface area contributed by atoms with Crippen molar-refractivity contribution < 1.29 is 9.53 Å². The van der Waals surface area contributed by atoms with Crippen molar-refractivity contribution in [1.82, 2.24) is 5.32 Å². The molecule has 1 unspecified atom stereocenters. The Morgan fingerprint density at radius 3 is 2.74 bits per heavy atom. The minimum Gasteiger partial charge on any atom is -0.491 e. The Balaban J connectivity index is 2.64. The van der Waals surface area contributed by atoms with E-state index in [1.807, 2.05) is 6.92 Å². The van der Waals surface area contributed by atoms with Crippen LogP contribution in [-0.2, 0) is 0 Å². The number of anilines is 1. The van der Waals surface area contributed by atoms with Gasteiger partial charge in [-0.1, -0.05) is 20.3 Å². The van der Waals surface area contributed by atoms with Crippen LogP contribution in [0.4, 0.5) is 5.69 Å². The molecule has 0 saturated carbocycles. The second-order valence-corrected chi connectivity index (χ2v) is 4.82. The van der Waals surface area contributed by atoms with Crippen LogP contribution in [0.5, 0.6) is 5.75 Å². The minimum atomic E-state index is -0.111. The molecule has 3 N–H and O–H groups in total. The molecule has 1 aromatic rings. The summed E-state index contributed by atoms with van der Waals surface area (Å²) >= 11 is 0. The van der Waals surface area contributed by atoms with Crippen LogP contribution >= 0.6 is 0 Å². The van der Waals surface area contributed by atoms with Gasteiger partial charge in [-0.3, -0.25) is 4.79 Å². The Kier molecular flexibility index (Phi) is 6.19. The monoisotopic (exact) mass is 264 g/mol. The van der Waals surface area contributed by atoms with Crippen LogP contribution in [0.1, 0.15) is 44.0 Å². The quantitative estimate of drug-likeness (QED) is 0.744. The van der Waals surface area contributed by atoms with Gasteiger partial charge >= 0.3 is 0 Å². The second-order valence-electron chi connectivity index (χ2n) is 4.82. The average Bonchev–Trinajstić information content (AvgIpc) is 2.38. The van der Waals surface area contributed by atoms with Crippen LogP contribution in [-0.4, -0.2) is 19.1 Å². The fourth-order valence-electron chi connectivity index (χ4n) is 1.89. The van der Waals surface area contributed by atoms with Gasteiger partial charge in [0.05, 0.1) is 12.3 Å². The van der Waals surface area contributed by atoms with E-state index in [0.717, 1.165) is 12.8 Å². The smallest absolute Gasteiger partial charge is 0.251 e. The van der Waals surface area contributed by atoms with Gasteiger partial charge in [-0.25, -0.2) is 0 Å². The number of hydrogen-bond acceptors (Lipinski definition) is 3. The van der Waals surface area contributed by atoms with Crippen LogP contribution < -0.4 is 15.8 Å². The van der Waals surface area contributed by atoms with Gasteiger partial charge in [0.2, 0.25) is 0 Å². The van der Waals surface area contributed by atoms with Gasteiger partial charge in [-0.05, 0) is 37.5 Å². The molecule has 0 bridgehead atoms. The molecule has 106 valence electrons. The highest BCUT2D eigenvalue weighted by Gasteiger charge is 2.09. The largest absolute Gasteiger partial charge is 0.491 e. The van der Waals surface area contributed by atoms with E-state index in [0.29, 0.717) is 36.1 Å². The lowest BCUT2D eigenvalue weighted by Crippen LogP contribution is -2.22. The van der Waals surface area contributed by atoms with E-state index in [2.05, 4.69) is 19.2 Å². The molecule has 0 aromatic heterocycles. The summed E-state index contributed by atoms with van der Waals surface area (Å²) in [6, 6.07) is 5.16. The number of carbonyl (C=O) groups is 1. The fraction of sp³-hybridized carbons (Fsp3) is 0.533. The summed E-state index contributed by atoms with van der Waals surface area (Å²) in [5.41, 5.74) is 6.98. The van der Waals surface area contributed by atoms with E-state index in [-0.39, 0.29) is 5.91 Å². The van der Waals surface area contributed by atoms with E-state index in [4.69, 9.17) is 10.5 Å². The number of rotatable bonds is 7. The molecule has 1 amide bonds. The molecule has 0 saturated heterocycles. The van der Waals surface area contributed by atoms with E-state index in [9.17, 15) is 4.79 Å². The molecule has 0 aliphatic heterocycles. The fourth-order valence-corrected chi connectivity index (χ4v) is 1.89. The third kappa shape index (κ3) is 4.81. The Bertz CT molecular complexity index is 419. The zero-order valence-electron chi connectivity index (χ0n) is 12.0. The molecular weight excluding hydrogens is 240 g/mol. The van der Waals surface area contributed by atoms with Crippen LogP contribution in [0.15, 0.2) is 18.2 Å². The van der Waals surface area contributed by atoms with Gasteiger partial charge in [0.25, 0.3) is 5.91 Å². The first-order valence-corrected chi connectivity index (χ1v) is 6.89. The number of ether oxygens (including phenoxy) is 1. The number of nitrogen functional groups attached to an aromatic ring is 1. The lowest BCUT2D eigenvalue weighted by atomic mass is 10.1. The summed E-state index contributed by atoms with van der Waals surface area (Å²) < 4.78 is 5.69. The van der Waals surface area contributed by atoms with Crippen molar-refractivity contribution in [2.45, 2.75) is 33.6 Å². The van der Waals surface area contributed by atoms with Gasteiger partial charge in [0.1, 0.15) is 5.75 Å². The highest BCUT2D eigenvalue weighted by Crippen LogP contribution is 2.23. The molecular formula is C15H24N2O2. The average molecular weight is 264 g/mol.